The van der Waals surface area contributed by atoms with E-state index in [1.54, 1.807) is 10.6 Å². The van der Waals surface area contributed by atoms with Gasteiger partial charge in [0.1, 0.15) is 25.7 Å². The summed E-state index contributed by atoms with van der Waals surface area (Å²) in [5, 5.41) is 15.4. The first kappa shape index (κ1) is 30.0. The molecule has 9 nitrogen and oxygen atoms in total. The highest BCUT2D eigenvalue weighted by atomic mass is 28.3. The molecule has 2 unspecified atom stereocenters. The molecule has 42 heavy (non-hydrogen) atoms. The lowest BCUT2D eigenvalue weighted by Gasteiger charge is -2.27. The number of hydrogen-bond donors (Lipinski definition) is 2. The fraction of sp³-hybridized carbons (Fsp3) is 0.500. The summed E-state index contributed by atoms with van der Waals surface area (Å²) < 4.78 is 13.0. The third-order valence-corrected chi connectivity index (χ3v) is 9.39. The second-order valence-electron chi connectivity index (χ2n) is 13.7. The normalized spacial score (nSPS) is 20.1. The molecule has 1 amide bonds. The van der Waals surface area contributed by atoms with Crippen LogP contribution in [0.1, 0.15) is 89.3 Å². The highest BCUT2D eigenvalue weighted by Gasteiger charge is 2.44. The van der Waals surface area contributed by atoms with Crippen LogP contribution >= 0.6 is 0 Å². The number of hydrogen-bond acceptors (Lipinski definition) is 7. The molecule has 2 N–H and O–H groups in total. The lowest BCUT2D eigenvalue weighted by Crippen LogP contribution is -2.35. The molecule has 5 rings (SSSR count). The number of cyclic esters (lactones) is 1. The molecular weight excluding hydrogens is 550 g/mol. The topological polar surface area (TPSA) is 120 Å². The summed E-state index contributed by atoms with van der Waals surface area (Å²) in [4.78, 5) is 44.6. The summed E-state index contributed by atoms with van der Waals surface area (Å²) >= 11 is 0. The summed E-state index contributed by atoms with van der Waals surface area (Å²) in [6, 6.07) is 7.40. The Bertz CT molecular complexity index is 1680. The average molecular weight is 591 g/mol. The number of aliphatic hydroxyl groups is 1. The number of anilines is 1. The fourth-order valence-electron chi connectivity index (χ4n) is 6.12. The molecule has 0 saturated carbocycles. The highest BCUT2D eigenvalue weighted by molar-refractivity contribution is 6.57. The Labute approximate surface area is 247 Å². The summed E-state index contributed by atoms with van der Waals surface area (Å²) in [6.07, 6.45) is -0.483. The smallest absolute Gasteiger partial charge is 0.412 e. The van der Waals surface area contributed by atoms with E-state index in [1.807, 2.05) is 59.0 Å². The van der Waals surface area contributed by atoms with Gasteiger partial charge in [-0.1, -0.05) is 40.8 Å². The van der Waals surface area contributed by atoms with Crippen LogP contribution in [0.5, 0.6) is 0 Å². The quantitative estimate of drug-likeness (QED) is 0.224. The van der Waals surface area contributed by atoms with Gasteiger partial charge >= 0.3 is 12.1 Å². The zero-order valence-electron chi connectivity index (χ0n) is 25.9. The van der Waals surface area contributed by atoms with E-state index in [4.69, 9.17) is 14.5 Å². The van der Waals surface area contributed by atoms with E-state index in [2.05, 4.69) is 26.1 Å². The van der Waals surface area contributed by atoms with Gasteiger partial charge in [-0.2, -0.15) is 0 Å². The van der Waals surface area contributed by atoms with Crippen LogP contribution in [0.15, 0.2) is 29.1 Å². The van der Waals surface area contributed by atoms with Crippen LogP contribution in [0, 0.1) is 0 Å². The molecule has 0 fully saturated rings. The first-order valence-corrected chi connectivity index (χ1v) is 17.0. The van der Waals surface area contributed by atoms with Gasteiger partial charge in [-0.15, -0.1) is 0 Å². The minimum absolute atomic E-state index is 0.205. The van der Waals surface area contributed by atoms with Crippen molar-refractivity contribution >= 4 is 37.4 Å². The maximum absolute atomic E-state index is 14.3. The average Bonchev–Trinajstić information content (AvgIpc) is 3.16. The first-order chi connectivity index (χ1) is 19.4. The van der Waals surface area contributed by atoms with Crippen molar-refractivity contribution in [3.05, 3.63) is 56.9 Å². The van der Waals surface area contributed by atoms with Crippen molar-refractivity contribution in [3.8, 4) is 11.4 Å². The maximum atomic E-state index is 14.3. The van der Waals surface area contributed by atoms with Gasteiger partial charge in [-0.25, -0.2) is 9.78 Å². The van der Waals surface area contributed by atoms with Crippen molar-refractivity contribution < 1.29 is 24.2 Å². The molecule has 1 aromatic carbocycles. The molecule has 0 saturated heterocycles. The van der Waals surface area contributed by atoms with Crippen molar-refractivity contribution in [2.45, 2.75) is 103 Å². The van der Waals surface area contributed by atoms with Crippen LogP contribution in [0.4, 0.5) is 10.5 Å². The lowest BCUT2D eigenvalue weighted by molar-refractivity contribution is -0.150. The zero-order valence-corrected chi connectivity index (χ0v) is 26.9. The predicted molar refractivity (Wildman–Crippen MR) is 164 cm³/mol. The van der Waals surface area contributed by atoms with Gasteiger partial charge in [-0.3, -0.25) is 14.9 Å². The molecule has 2 aliphatic heterocycles. The van der Waals surface area contributed by atoms with Gasteiger partial charge in [0.25, 0.3) is 5.56 Å². The van der Waals surface area contributed by atoms with Gasteiger partial charge in [0.2, 0.25) is 0 Å². The van der Waals surface area contributed by atoms with Crippen molar-refractivity contribution in [1.82, 2.24) is 9.55 Å². The van der Waals surface area contributed by atoms with E-state index < -0.39 is 37.8 Å². The molecule has 3 aromatic rings. The Morgan fingerprint density at radius 3 is 2.48 bits per heavy atom. The van der Waals surface area contributed by atoms with Gasteiger partial charge < -0.3 is 19.1 Å². The van der Waals surface area contributed by atoms with E-state index in [-0.39, 0.29) is 23.8 Å². The molecule has 1 radical (unpaired) electrons. The van der Waals surface area contributed by atoms with Gasteiger partial charge in [0.15, 0.2) is 0 Å². The number of carbonyl (C=O) groups is 2. The van der Waals surface area contributed by atoms with Crippen LogP contribution in [0.2, 0.25) is 13.1 Å². The third-order valence-electron chi connectivity index (χ3n) is 7.94. The number of nitrogens with zero attached hydrogens (tertiary/aromatic N) is 2. The summed E-state index contributed by atoms with van der Waals surface area (Å²) in [6.45, 7) is 17.9. The van der Waals surface area contributed by atoms with Crippen LogP contribution in [-0.4, -0.2) is 41.1 Å². The number of pyridine rings is 2. The number of amides is 1. The van der Waals surface area contributed by atoms with Gasteiger partial charge in [0, 0.05) is 16.6 Å². The lowest BCUT2D eigenvalue weighted by atomic mass is 9.80. The summed E-state index contributed by atoms with van der Waals surface area (Å²) in [7, 11) is -1.28. The Morgan fingerprint density at radius 1 is 1.19 bits per heavy atom. The molecule has 0 spiro atoms. The number of aromatic nitrogens is 2. The molecule has 2 aliphatic rings. The van der Waals surface area contributed by atoms with Crippen molar-refractivity contribution in [2.75, 3.05) is 5.32 Å². The number of ether oxygens (including phenoxy) is 2. The monoisotopic (exact) mass is 590 g/mol. The zero-order chi connectivity index (χ0) is 30.9. The van der Waals surface area contributed by atoms with Gasteiger partial charge in [0.05, 0.1) is 35.4 Å². The molecular formula is C32H40N3O6Si. The van der Waals surface area contributed by atoms with E-state index in [0.29, 0.717) is 34.7 Å². The maximum Gasteiger partial charge on any atom is 0.412 e. The standard InChI is InChI=1S/C32H40N3O6Si/c1-10-32(39)15-23(36)40-28(42(8)9)24-20(32)14-22-26-19(16-35(22)27(24)37)25(30(2,3)4)18-13-17(11-12-21(18)34-26)33-29(38)41-31(5,6)7/h11-14,28,39H,10,15-16H2,1-9H3,(H,33,38). The highest BCUT2D eigenvalue weighted by Crippen LogP contribution is 2.45. The Hall–Kier alpha value is -3.50. The number of nitrogens with one attached hydrogen (secondary N) is 1. The molecule has 4 heterocycles. The fourth-order valence-corrected chi connectivity index (χ4v) is 7.35. The molecule has 2 aromatic heterocycles. The number of benzene rings is 1. The SMILES string of the molecule is CCC1(O)CC(=O)OC([Si](C)C)c2c1cc1n(c2=O)Cc2c-1nc1ccc(NC(=O)OC(C)(C)C)cc1c2C(C)(C)C. The van der Waals surface area contributed by atoms with Crippen molar-refractivity contribution in [1.29, 1.82) is 0 Å². The second kappa shape index (κ2) is 10.1. The van der Waals surface area contributed by atoms with E-state index in [9.17, 15) is 19.5 Å². The van der Waals surface area contributed by atoms with Crippen LogP contribution in [0.3, 0.4) is 0 Å². The minimum Gasteiger partial charge on any atom is -0.461 e. The number of esters is 1. The molecule has 2 atom stereocenters. The van der Waals surface area contributed by atoms with Crippen molar-refractivity contribution in [3.63, 3.8) is 0 Å². The Morgan fingerprint density at radius 2 is 1.88 bits per heavy atom. The Balaban J connectivity index is 1.73. The van der Waals surface area contributed by atoms with Crippen LogP contribution in [-0.2, 0) is 31.8 Å². The summed E-state index contributed by atoms with van der Waals surface area (Å²) in [5.41, 5.74) is 2.02. The minimum atomic E-state index is -1.51. The first-order valence-electron chi connectivity index (χ1n) is 14.4. The summed E-state index contributed by atoms with van der Waals surface area (Å²) in [5.74, 6) is -0.494. The van der Waals surface area contributed by atoms with Gasteiger partial charge in [-0.05, 0) is 68.0 Å². The number of carbonyl (C=O) groups excluding carboxylic acids is 2. The van der Waals surface area contributed by atoms with E-state index >= 15 is 0 Å². The molecule has 0 bridgehead atoms. The van der Waals surface area contributed by atoms with E-state index in [1.165, 1.54) is 0 Å². The molecule has 0 aliphatic carbocycles. The van der Waals surface area contributed by atoms with Crippen molar-refractivity contribution in [2.24, 2.45) is 0 Å². The number of fused-ring (bicyclic) bond motifs is 5. The Kier molecular flexibility index (Phi) is 7.17. The number of rotatable bonds is 3. The van der Waals surface area contributed by atoms with Crippen LogP contribution in [0.25, 0.3) is 22.3 Å². The third kappa shape index (κ3) is 5.15. The van der Waals surface area contributed by atoms with Crippen LogP contribution < -0.4 is 10.9 Å². The second-order valence-corrected chi connectivity index (χ2v) is 16.4. The van der Waals surface area contributed by atoms with E-state index in [0.717, 1.165) is 22.0 Å². The predicted octanol–water partition coefficient (Wildman–Crippen LogP) is 5.95. The molecule has 10 heteroatoms. The molecule has 223 valence electrons. The largest absolute Gasteiger partial charge is 0.461 e.